The summed E-state index contributed by atoms with van der Waals surface area (Å²) in [6.45, 7) is 0. The van der Waals surface area contributed by atoms with Gasteiger partial charge in [-0.1, -0.05) is 0 Å². The van der Waals surface area contributed by atoms with Crippen molar-refractivity contribution in [1.82, 2.24) is 4.90 Å². The Morgan fingerprint density at radius 1 is 1.05 bits per heavy atom. The number of nitrogens with zero attached hydrogens (tertiary/aromatic N) is 1. The Bertz CT molecular complexity index is 593. The van der Waals surface area contributed by atoms with Crippen molar-refractivity contribution in [1.29, 1.82) is 0 Å². The average Bonchev–Trinajstić information content (AvgIpc) is 2.95. The van der Waals surface area contributed by atoms with E-state index in [1.54, 1.807) is 15.7 Å². The third-order valence-corrected chi connectivity index (χ3v) is 10.9. The first-order valence-corrected chi connectivity index (χ1v) is 17.1. The first-order chi connectivity index (χ1) is 9.39. The summed E-state index contributed by atoms with van der Waals surface area (Å²) in [6, 6.07) is 7.09. The second-order valence-corrected chi connectivity index (χ2v) is 21.3. The first-order valence-electron chi connectivity index (χ1n) is 7.07. The fraction of sp³-hybridized carbons (Fsp3) is 0.375. The van der Waals surface area contributed by atoms with Gasteiger partial charge < -0.3 is 0 Å². The van der Waals surface area contributed by atoms with Gasteiger partial charge in [0.25, 0.3) is 0 Å². The van der Waals surface area contributed by atoms with Crippen molar-refractivity contribution in [3.8, 4) is 0 Å². The van der Waals surface area contributed by atoms with Crippen molar-refractivity contribution in [2.75, 3.05) is 0 Å². The van der Waals surface area contributed by atoms with Gasteiger partial charge >= 0.3 is 123 Å². The Labute approximate surface area is 123 Å². The molecule has 0 spiro atoms. The van der Waals surface area contributed by atoms with E-state index >= 15 is 0 Å². The van der Waals surface area contributed by atoms with E-state index in [1.165, 1.54) is 4.90 Å². The SMILES string of the molecule is [CH3][Sn]([CH3])([CH3])[C]1=CC(N2C(=O)c3ccccc3C2=O)CC1. The molecule has 2 aliphatic rings. The Hall–Kier alpha value is -1.10. The van der Waals surface area contributed by atoms with E-state index in [0.29, 0.717) is 11.1 Å². The Kier molecular flexibility index (Phi) is 3.27. The fourth-order valence-electron chi connectivity index (χ4n) is 3.04. The van der Waals surface area contributed by atoms with Crippen LogP contribution in [0.1, 0.15) is 33.6 Å². The number of fused-ring (bicyclic) bond motifs is 1. The minimum atomic E-state index is -2.06. The number of allylic oxidation sites excluding steroid dienone is 1. The summed E-state index contributed by atoms with van der Waals surface area (Å²) < 4.78 is 1.54. The zero-order chi connectivity index (χ0) is 14.5. The molecule has 0 bridgehead atoms. The molecule has 20 heavy (non-hydrogen) atoms. The molecule has 0 N–H and O–H groups in total. The van der Waals surface area contributed by atoms with Crippen molar-refractivity contribution in [3.63, 3.8) is 0 Å². The molecule has 1 heterocycles. The Morgan fingerprint density at radius 2 is 1.60 bits per heavy atom. The molecule has 1 aromatic rings. The van der Waals surface area contributed by atoms with Crippen LogP contribution in [0.15, 0.2) is 33.9 Å². The Morgan fingerprint density at radius 3 is 2.05 bits per heavy atom. The van der Waals surface area contributed by atoms with Gasteiger partial charge in [-0.05, 0) is 0 Å². The topological polar surface area (TPSA) is 37.4 Å². The van der Waals surface area contributed by atoms with Gasteiger partial charge in [-0.25, -0.2) is 0 Å². The zero-order valence-corrected chi connectivity index (χ0v) is 15.0. The van der Waals surface area contributed by atoms with Crippen LogP contribution in [0, 0.1) is 0 Å². The standard InChI is InChI=1S/C13H10NO2.3CH3.Sn/c15-12-10-7-3-4-8-11(10)13(16)14(12)9-5-1-2-6-9;;;;/h3-4,6-9H,1,5H2;3*1H3;. The van der Waals surface area contributed by atoms with Crippen LogP contribution >= 0.6 is 0 Å². The van der Waals surface area contributed by atoms with Gasteiger partial charge in [0.2, 0.25) is 0 Å². The van der Waals surface area contributed by atoms with Crippen LogP contribution in [0.4, 0.5) is 0 Å². The van der Waals surface area contributed by atoms with E-state index in [0.717, 1.165) is 12.8 Å². The summed E-state index contributed by atoms with van der Waals surface area (Å²) in [5.41, 5.74) is 1.11. The van der Waals surface area contributed by atoms with Crippen molar-refractivity contribution >= 4 is 30.2 Å². The van der Waals surface area contributed by atoms with Crippen LogP contribution in [0.2, 0.25) is 14.8 Å². The molecule has 0 radical (unpaired) electrons. The van der Waals surface area contributed by atoms with E-state index in [4.69, 9.17) is 0 Å². The molecule has 1 aliphatic carbocycles. The minimum absolute atomic E-state index is 0.0340. The molecule has 2 amide bonds. The monoisotopic (exact) mass is 377 g/mol. The van der Waals surface area contributed by atoms with E-state index < -0.39 is 18.4 Å². The van der Waals surface area contributed by atoms with Crippen molar-refractivity contribution < 1.29 is 9.59 Å². The number of carbonyl (C=O) groups is 2. The van der Waals surface area contributed by atoms with Crippen LogP contribution in [0.3, 0.4) is 0 Å². The predicted molar refractivity (Wildman–Crippen MR) is 81.4 cm³/mol. The van der Waals surface area contributed by atoms with Gasteiger partial charge in [0.1, 0.15) is 0 Å². The van der Waals surface area contributed by atoms with Gasteiger partial charge in [0.15, 0.2) is 0 Å². The van der Waals surface area contributed by atoms with Crippen molar-refractivity contribution in [3.05, 3.63) is 45.1 Å². The van der Waals surface area contributed by atoms with Crippen molar-refractivity contribution in [2.45, 2.75) is 33.7 Å². The number of carbonyl (C=O) groups excluding carboxylic acids is 2. The molecule has 0 saturated heterocycles. The van der Waals surface area contributed by atoms with E-state index in [1.807, 2.05) is 12.1 Å². The maximum atomic E-state index is 12.4. The number of rotatable bonds is 2. The van der Waals surface area contributed by atoms with Crippen LogP contribution in [-0.4, -0.2) is 41.1 Å². The molecule has 3 nitrogen and oxygen atoms in total. The molecule has 1 aromatic carbocycles. The van der Waals surface area contributed by atoms with E-state index in [2.05, 4.69) is 20.9 Å². The molecule has 0 fully saturated rings. The third kappa shape index (κ3) is 2.12. The summed E-state index contributed by atoms with van der Waals surface area (Å²) in [5, 5.41) is 0. The Balaban J connectivity index is 1.93. The van der Waals surface area contributed by atoms with E-state index in [9.17, 15) is 9.59 Å². The second kappa shape index (κ2) is 4.72. The molecule has 0 aromatic heterocycles. The van der Waals surface area contributed by atoms with Gasteiger partial charge in [-0.3, -0.25) is 0 Å². The van der Waals surface area contributed by atoms with Crippen LogP contribution in [0.5, 0.6) is 0 Å². The average molecular weight is 376 g/mol. The molecule has 3 rings (SSSR count). The zero-order valence-electron chi connectivity index (χ0n) is 12.1. The van der Waals surface area contributed by atoms with Crippen LogP contribution in [-0.2, 0) is 0 Å². The first kappa shape index (κ1) is 13.9. The van der Waals surface area contributed by atoms with Gasteiger partial charge in [-0.15, -0.1) is 0 Å². The summed E-state index contributed by atoms with van der Waals surface area (Å²) >= 11 is -2.06. The molecule has 104 valence electrons. The summed E-state index contributed by atoms with van der Waals surface area (Å²) in [7, 11) is 0. The van der Waals surface area contributed by atoms with Gasteiger partial charge in [0.05, 0.1) is 0 Å². The number of hydrogen-bond donors (Lipinski definition) is 0. The summed E-state index contributed by atoms with van der Waals surface area (Å²) in [6.07, 6.45) is 4.16. The van der Waals surface area contributed by atoms with Gasteiger partial charge in [-0.2, -0.15) is 0 Å². The molecule has 1 aliphatic heterocycles. The van der Waals surface area contributed by atoms with E-state index in [-0.39, 0.29) is 17.9 Å². The number of benzene rings is 1. The van der Waals surface area contributed by atoms with Crippen LogP contribution < -0.4 is 0 Å². The van der Waals surface area contributed by atoms with Gasteiger partial charge in [0, 0.05) is 0 Å². The predicted octanol–water partition coefficient (Wildman–Crippen LogP) is 3.25. The van der Waals surface area contributed by atoms with Crippen LogP contribution in [0.25, 0.3) is 0 Å². The summed E-state index contributed by atoms with van der Waals surface area (Å²) in [5.74, 6) is -0.255. The molecule has 0 saturated carbocycles. The normalized spacial score (nSPS) is 22.2. The molecule has 1 unspecified atom stereocenters. The molecule has 4 heteroatoms. The molecular weight excluding hydrogens is 357 g/mol. The third-order valence-electron chi connectivity index (χ3n) is 4.22. The molecule has 1 atom stereocenters. The quantitative estimate of drug-likeness (QED) is 0.587. The number of imide groups is 1. The fourth-order valence-corrected chi connectivity index (χ4v) is 7.57. The number of hydrogen-bond acceptors (Lipinski definition) is 2. The van der Waals surface area contributed by atoms with Crippen molar-refractivity contribution in [2.24, 2.45) is 0 Å². The summed E-state index contributed by atoms with van der Waals surface area (Å²) in [4.78, 5) is 33.5. The number of amides is 2. The molecular formula is C16H19NO2Sn. The maximum absolute atomic E-state index is 12.4. The second-order valence-electron chi connectivity index (χ2n) is 6.57.